The quantitative estimate of drug-likeness (QED) is 0.327. The predicted octanol–water partition coefficient (Wildman–Crippen LogP) is 4.68. The van der Waals surface area contributed by atoms with Crippen LogP contribution in [0.3, 0.4) is 0 Å². The van der Waals surface area contributed by atoms with Gasteiger partial charge in [0.05, 0.1) is 5.02 Å². The topological polar surface area (TPSA) is 107 Å². The molecule has 1 aliphatic heterocycles. The maximum atomic E-state index is 6.65. The fraction of sp³-hybridized carbons (Fsp3) is 0.348. The molecule has 5 rings (SSSR count). The second kappa shape index (κ2) is 8.92. The van der Waals surface area contributed by atoms with Gasteiger partial charge < -0.3 is 25.3 Å². The van der Waals surface area contributed by atoms with Gasteiger partial charge in [-0.3, -0.25) is 5.10 Å². The Morgan fingerprint density at radius 2 is 2.03 bits per heavy atom. The molecule has 9 nitrogen and oxygen atoms in total. The van der Waals surface area contributed by atoms with Gasteiger partial charge in [0.2, 0.25) is 0 Å². The minimum Gasteiger partial charge on any atom is -0.423 e. The molecular formula is C23H27ClN8O. The molecule has 4 heterocycles. The molecule has 0 amide bonds. The zero-order valence-electron chi connectivity index (χ0n) is 18.9. The molecule has 0 bridgehead atoms. The number of ether oxygens (including phenoxy) is 1. The molecule has 0 radical (unpaired) electrons. The number of hydrogen-bond donors (Lipinski definition) is 4. The van der Waals surface area contributed by atoms with E-state index in [9.17, 15) is 0 Å². The Labute approximate surface area is 196 Å². The third-order valence-corrected chi connectivity index (χ3v) is 6.15. The fourth-order valence-corrected chi connectivity index (χ4v) is 4.33. The number of aryl methyl sites for hydroxylation is 2. The van der Waals surface area contributed by atoms with E-state index in [2.05, 4.69) is 42.6 Å². The minimum atomic E-state index is 0.224. The third kappa shape index (κ3) is 4.60. The van der Waals surface area contributed by atoms with Crippen molar-refractivity contribution in [2.75, 3.05) is 29.9 Å². The highest BCUT2D eigenvalue weighted by atomic mass is 35.5. The molecule has 172 valence electrons. The molecular weight excluding hydrogens is 440 g/mol. The number of aromatic nitrogens is 5. The lowest BCUT2D eigenvalue weighted by molar-refractivity contribution is 0.431. The molecule has 33 heavy (non-hydrogen) atoms. The summed E-state index contributed by atoms with van der Waals surface area (Å²) in [4.78, 5) is 14.8. The molecule has 1 fully saturated rings. The van der Waals surface area contributed by atoms with Crippen LogP contribution in [-0.2, 0) is 0 Å². The Kier molecular flexibility index (Phi) is 5.82. The number of hydrogen-bond acceptors (Lipinski definition) is 7. The summed E-state index contributed by atoms with van der Waals surface area (Å²) in [5.74, 6) is 2.58. The molecule has 4 N–H and O–H groups in total. The molecule has 0 saturated carbocycles. The smallest absolute Gasteiger partial charge is 0.325 e. The van der Waals surface area contributed by atoms with Gasteiger partial charge in [-0.05, 0) is 38.5 Å². The Balaban J connectivity index is 1.50. The molecule has 1 aliphatic rings. The first-order valence-corrected chi connectivity index (χ1v) is 11.5. The number of rotatable bonds is 6. The summed E-state index contributed by atoms with van der Waals surface area (Å²) in [7, 11) is 0. The van der Waals surface area contributed by atoms with Gasteiger partial charge in [0, 0.05) is 60.1 Å². The van der Waals surface area contributed by atoms with Crippen molar-refractivity contribution in [3.63, 3.8) is 0 Å². The second-order valence-electron chi connectivity index (χ2n) is 8.35. The third-order valence-electron chi connectivity index (χ3n) is 5.76. The normalized spacial score (nSPS) is 16.4. The molecule has 1 unspecified atom stereocenters. The van der Waals surface area contributed by atoms with Gasteiger partial charge in [0.1, 0.15) is 17.4 Å². The SMILES string of the molecule is CCC1CN(c2cc(Nc3cc(C)[nH]n3)nc(Oc3ccc4[nH]c(C)cc4c3Cl)n2)CCN1. The zero-order valence-corrected chi connectivity index (χ0v) is 19.6. The van der Waals surface area contributed by atoms with Gasteiger partial charge >= 0.3 is 6.01 Å². The maximum absolute atomic E-state index is 6.65. The van der Waals surface area contributed by atoms with Crippen LogP contribution in [0.4, 0.5) is 17.5 Å². The summed E-state index contributed by atoms with van der Waals surface area (Å²) in [6, 6.07) is 10.3. The largest absolute Gasteiger partial charge is 0.423 e. The number of anilines is 3. The molecule has 1 aromatic carbocycles. The standard InChI is InChI=1S/C23H27ClN8O/c1-4-15-12-32(8-7-25-15)21-11-19(27-20-10-14(3)30-31-20)28-23(29-21)33-18-6-5-17-16(22(18)24)9-13(2)26-17/h5-6,9-11,15,25-26H,4,7-8,12H2,1-3H3,(H2,27,28,29,30,31). The van der Waals surface area contributed by atoms with Crippen molar-refractivity contribution in [2.24, 2.45) is 0 Å². The number of benzene rings is 1. The number of H-pyrrole nitrogens is 2. The van der Waals surface area contributed by atoms with Crippen LogP contribution in [0.1, 0.15) is 24.7 Å². The van der Waals surface area contributed by atoms with Crippen LogP contribution in [0.2, 0.25) is 5.02 Å². The first-order valence-electron chi connectivity index (χ1n) is 11.1. The zero-order chi connectivity index (χ0) is 22.9. The van der Waals surface area contributed by atoms with E-state index in [0.717, 1.165) is 54.2 Å². The molecule has 1 saturated heterocycles. The number of piperazine rings is 1. The van der Waals surface area contributed by atoms with E-state index in [1.807, 2.05) is 44.2 Å². The molecule has 3 aromatic heterocycles. The van der Waals surface area contributed by atoms with Crippen molar-refractivity contribution < 1.29 is 4.74 Å². The van der Waals surface area contributed by atoms with Gasteiger partial charge in [-0.15, -0.1) is 0 Å². The lowest BCUT2D eigenvalue weighted by atomic mass is 10.1. The van der Waals surface area contributed by atoms with E-state index < -0.39 is 0 Å². The number of nitrogens with zero attached hydrogens (tertiary/aromatic N) is 4. The van der Waals surface area contributed by atoms with Gasteiger partial charge in [0.25, 0.3) is 0 Å². The van der Waals surface area contributed by atoms with Crippen LogP contribution in [0.15, 0.2) is 30.3 Å². The molecule has 1 atom stereocenters. The maximum Gasteiger partial charge on any atom is 0.325 e. The summed E-state index contributed by atoms with van der Waals surface area (Å²) in [6.45, 7) is 8.74. The van der Waals surface area contributed by atoms with Crippen molar-refractivity contribution >= 4 is 40.0 Å². The molecule has 4 aromatic rings. The number of fused-ring (bicyclic) bond motifs is 1. The highest BCUT2D eigenvalue weighted by molar-refractivity contribution is 6.37. The monoisotopic (exact) mass is 466 g/mol. The molecule has 0 aliphatic carbocycles. The average Bonchev–Trinajstić information content (AvgIpc) is 3.40. The Morgan fingerprint density at radius 1 is 1.15 bits per heavy atom. The number of aromatic amines is 2. The van der Waals surface area contributed by atoms with Crippen molar-refractivity contribution in [3.05, 3.63) is 46.7 Å². The minimum absolute atomic E-state index is 0.224. The van der Waals surface area contributed by atoms with Gasteiger partial charge in [-0.1, -0.05) is 18.5 Å². The average molecular weight is 467 g/mol. The van der Waals surface area contributed by atoms with Crippen LogP contribution >= 0.6 is 11.6 Å². The van der Waals surface area contributed by atoms with Crippen LogP contribution < -0.4 is 20.3 Å². The molecule has 0 spiro atoms. The Bertz CT molecular complexity index is 1280. The highest BCUT2D eigenvalue weighted by Crippen LogP contribution is 2.36. The van der Waals surface area contributed by atoms with Gasteiger partial charge in [0.15, 0.2) is 5.82 Å². The van der Waals surface area contributed by atoms with E-state index in [1.165, 1.54) is 0 Å². The van der Waals surface area contributed by atoms with Crippen LogP contribution in [0, 0.1) is 13.8 Å². The summed E-state index contributed by atoms with van der Waals surface area (Å²) in [5, 5.41) is 15.4. The second-order valence-corrected chi connectivity index (χ2v) is 8.73. The molecule has 10 heteroatoms. The predicted molar refractivity (Wildman–Crippen MR) is 131 cm³/mol. The van der Waals surface area contributed by atoms with Crippen molar-refractivity contribution in [1.82, 2.24) is 30.5 Å². The van der Waals surface area contributed by atoms with Crippen LogP contribution in [-0.4, -0.2) is 50.8 Å². The summed E-state index contributed by atoms with van der Waals surface area (Å²) in [5.41, 5.74) is 2.95. The van der Waals surface area contributed by atoms with E-state index in [1.54, 1.807) is 0 Å². The first-order chi connectivity index (χ1) is 16.0. The van der Waals surface area contributed by atoms with Crippen LogP contribution in [0.5, 0.6) is 11.8 Å². The first kappa shape index (κ1) is 21.5. The summed E-state index contributed by atoms with van der Waals surface area (Å²) in [6.07, 6.45) is 1.05. The number of halogens is 1. The Morgan fingerprint density at radius 3 is 2.82 bits per heavy atom. The van der Waals surface area contributed by atoms with Gasteiger partial charge in [-0.25, -0.2) is 0 Å². The lowest BCUT2D eigenvalue weighted by Crippen LogP contribution is -2.50. The summed E-state index contributed by atoms with van der Waals surface area (Å²) >= 11 is 6.65. The van der Waals surface area contributed by atoms with E-state index in [4.69, 9.17) is 21.3 Å². The van der Waals surface area contributed by atoms with Crippen molar-refractivity contribution in [2.45, 2.75) is 33.2 Å². The van der Waals surface area contributed by atoms with Crippen molar-refractivity contribution in [1.29, 1.82) is 0 Å². The van der Waals surface area contributed by atoms with Crippen LogP contribution in [0.25, 0.3) is 10.9 Å². The van der Waals surface area contributed by atoms with Crippen molar-refractivity contribution in [3.8, 4) is 11.8 Å². The van der Waals surface area contributed by atoms with E-state index >= 15 is 0 Å². The Hall–Kier alpha value is -3.30. The highest BCUT2D eigenvalue weighted by Gasteiger charge is 2.21. The summed E-state index contributed by atoms with van der Waals surface area (Å²) < 4.78 is 6.12. The van der Waals surface area contributed by atoms with Gasteiger partial charge in [-0.2, -0.15) is 15.1 Å². The van der Waals surface area contributed by atoms with E-state index in [-0.39, 0.29) is 6.01 Å². The number of nitrogens with one attached hydrogen (secondary N) is 4. The van der Waals surface area contributed by atoms with E-state index in [0.29, 0.717) is 28.4 Å². The fourth-order valence-electron chi connectivity index (χ4n) is 4.07. The lowest BCUT2D eigenvalue weighted by Gasteiger charge is -2.34.